The summed E-state index contributed by atoms with van der Waals surface area (Å²) >= 11 is 0. The van der Waals surface area contributed by atoms with Gasteiger partial charge in [0.1, 0.15) is 11.4 Å². The summed E-state index contributed by atoms with van der Waals surface area (Å²) in [6.07, 6.45) is 11.8. The molecule has 2 fully saturated rings. The maximum atomic E-state index is 10.9. The summed E-state index contributed by atoms with van der Waals surface area (Å²) in [5.74, 6) is 4.82. The summed E-state index contributed by atoms with van der Waals surface area (Å²) in [5, 5.41) is 20.6. The van der Waals surface area contributed by atoms with Gasteiger partial charge in [-0.05, 0) is 79.5 Å². The summed E-state index contributed by atoms with van der Waals surface area (Å²) < 4.78 is 31.6. The Morgan fingerprint density at radius 2 is 1.85 bits per heavy atom. The van der Waals surface area contributed by atoms with Gasteiger partial charge in [-0.2, -0.15) is 8.42 Å². The Hall–Kier alpha value is -1.59. The van der Waals surface area contributed by atoms with E-state index in [4.69, 9.17) is 23.9 Å². The Morgan fingerprint density at radius 3 is 2.48 bits per heavy atom. The highest BCUT2D eigenvalue weighted by Crippen LogP contribution is 2.64. The zero-order valence-electron chi connectivity index (χ0n) is 15.3. The van der Waals surface area contributed by atoms with E-state index in [1.165, 1.54) is 11.1 Å². The average molecular weight is 394 g/mol. The van der Waals surface area contributed by atoms with Crippen molar-refractivity contribution in [2.75, 3.05) is 0 Å². The number of aryl methyl sites for hydroxylation is 1. The molecule has 1 aromatic rings. The molecule has 3 aliphatic carbocycles. The Balaban J connectivity index is 0.000000376. The van der Waals surface area contributed by atoms with Crippen molar-refractivity contribution in [1.29, 1.82) is 0 Å². The molecule has 0 spiro atoms. The Bertz CT molecular complexity index is 865. The fraction of sp³-hybridized carbons (Fsp3) is 0.600. The Kier molecular flexibility index (Phi) is 5.06. The van der Waals surface area contributed by atoms with Crippen LogP contribution < -0.4 is 0 Å². The molecule has 0 unspecified atom stereocenters. The Labute approximate surface area is 160 Å². The van der Waals surface area contributed by atoms with Crippen LogP contribution in [0, 0.1) is 29.6 Å². The molecule has 0 radical (unpaired) electrons. The first-order valence-electron chi connectivity index (χ1n) is 9.20. The third kappa shape index (κ3) is 3.59. The van der Waals surface area contributed by atoms with E-state index >= 15 is 0 Å². The molecule has 148 valence electrons. The molecule has 2 saturated carbocycles. The van der Waals surface area contributed by atoms with Crippen LogP contribution in [0.25, 0.3) is 0 Å². The van der Waals surface area contributed by atoms with Crippen LogP contribution >= 0.6 is 0 Å². The summed E-state index contributed by atoms with van der Waals surface area (Å²) in [5.41, 5.74) is 1.69. The van der Waals surface area contributed by atoms with Gasteiger partial charge in [-0.1, -0.05) is 18.9 Å². The average Bonchev–Trinajstić information content (AvgIpc) is 2.85. The van der Waals surface area contributed by atoms with Gasteiger partial charge in [-0.15, -0.1) is 6.42 Å². The van der Waals surface area contributed by atoms with Crippen LogP contribution in [0.15, 0.2) is 18.2 Å². The van der Waals surface area contributed by atoms with E-state index in [9.17, 15) is 10.2 Å². The van der Waals surface area contributed by atoms with E-state index in [0.717, 1.165) is 38.5 Å². The first-order valence-corrected chi connectivity index (χ1v) is 10.6. The van der Waals surface area contributed by atoms with E-state index in [1.807, 2.05) is 12.1 Å². The van der Waals surface area contributed by atoms with Crippen molar-refractivity contribution in [3.8, 4) is 18.1 Å². The number of aromatic hydroxyl groups is 1. The van der Waals surface area contributed by atoms with E-state index in [0.29, 0.717) is 23.5 Å². The van der Waals surface area contributed by atoms with Gasteiger partial charge in [0.05, 0.1) is 0 Å². The highest BCUT2D eigenvalue weighted by Gasteiger charge is 2.61. The maximum absolute atomic E-state index is 10.9. The van der Waals surface area contributed by atoms with Crippen molar-refractivity contribution in [3.63, 3.8) is 0 Å². The van der Waals surface area contributed by atoms with Crippen LogP contribution in [-0.4, -0.2) is 33.3 Å². The Morgan fingerprint density at radius 1 is 1.19 bits per heavy atom. The van der Waals surface area contributed by atoms with Gasteiger partial charge >= 0.3 is 10.4 Å². The van der Waals surface area contributed by atoms with E-state index in [1.54, 1.807) is 0 Å². The summed E-state index contributed by atoms with van der Waals surface area (Å²) in [4.78, 5) is 0. The fourth-order valence-corrected chi connectivity index (χ4v) is 5.82. The van der Waals surface area contributed by atoms with Gasteiger partial charge < -0.3 is 10.2 Å². The minimum absolute atomic E-state index is 0.128. The minimum Gasteiger partial charge on any atom is -0.508 e. The topological polar surface area (TPSA) is 115 Å². The largest absolute Gasteiger partial charge is 0.508 e. The molecular formula is C20H26O6S. The molecule has 0 aromatic heterocycles. The van der Waals surface area contributed by atoms with Gasteiger partial charge in [-0.25, -0.2) is 0 Å². The first-order chi connectivity index (χ1) is 12.5. The number of phenolic OH excluding ortho intramolecular Hbond substituents is 1. The first kappa shape index (κ1) is 20.2. The normalized spacial score (nSPS) is 37.1. The third-order valence-corrected chi connectivity index (χ3v) is 7.10. The lowest BCUT2D eigenvalue weighted by atomic mass is 9.53. The van der Waals surface area contributed by atoms with Crippen LogP contribution in [-0.2, 0) is 16.8 Å². The molecule has 0 saturated heterocycles. The molecule has 0 heterocycles. The number of benzene rings is 1. The number of rotatable bonds is 0. The second kappa shape index (κ2) is 6.78. The van der Waals surface area contributed by atoms with Gasteiger partial charge in [0.25, 0.3) is 0 Å². The molecule has 4 rings (SSSR count). The number of phenols is 1. The van der Waals surface area contributed by atoms with Gasteiger partial charge in [0.15, 0.2) is 0 Å². The van der Waals surface area contributed by atoms with Crippen molar-refractivity contribution in [1.82, 2.24) is 0 Å². The zero-order chi connectivity index (χ0) is 20.0. The predicted octanol–water partition coefficient (Wildman–Crippen LogP) is 2.96. The molecule has 0 aliphatic heterocycles. The van der Waals surface area contributed by atoms with E-state index < -0.39 is 16.0 Å². The lowest BCUT2D eigenvalue weighted by Gasteiger charge is -2.52. The standard InChI is InChI=1S/C20H24O2.H2O4S/c1-3-20(22)11-9-18-17-6-4-13-12-14(21)5-7-15(13)16(17)8-10-19(18,20)2;1-5(2,3)4/h1,5,7,12,16-18,21-22H,4,6,8-11H2,2H3;(H2,1,2,3,4)/t16-,17-,18+,19+,20+;/m1./s1. The summed E-state index contributed by atoms with van der Waals surface area (Å²) in [7, 11) is -4.67. The zero-order valence-corrected chi connectivity index (χ0v) is 16.1. The number of terminal acetylenes is 1. The number of fused-ring (bicyclic) bond motifs is 5. The van der Waals surface area contributed by atoms with Crippen molar-refractivity contribution in [2.24, 2.45) is 17.3 Å². The maximum Gasteiger partial charge on any atom is 0.394 e. The highest BCUT2D eigenvalue weighted by molar-refractivity contribution is 7.79. The number of hydrogen-bond acceptors (Lipinski definition) is 4. The third-order valence-electron chi connectivity index (χ3n) is 7.10. The van der Waals surface area contributed by atoms with Crippen LogP contribution in [0.2, 0.25) is 0 Å². The lowest BCUT2D eigenvalue weighted by molar-refractivity contribution is -0.0646. The monoisotopic (exact) mass is 394 g/mol. The number of hydrogen-bond donors (Lipinski definition) is 4. The van der Waals surface area contributed by atoms with Gasteiger partial charge in [0.2, 0.25) is 0 Å². The van der Waals surface area contributed by atoms with Crippen LogP contribution in [0.1, 0.15) is 56.1 Å². The van der Waals surface area contributed by atoms with Crippen LogP contribution in [0.4, 0.5) is 0 Å². The summed E-state index contributed by atoms with van der Waals surface area (Å²) in [6, 6.07) is 5.87. The smallest absolute Gasteiger partial charge is 0.394 e. The quantitative estimate of drug-likeness (QED) is 0.397. The molecule has 1 aromatic carbocycles. The molecule has 0 bridgehead atoms. The fourth-order valence-electron chi connectivity index (χ4n) is 5.82. The second-order valence-electron chi connectivity index (χ2n) is 8.25. The van der Waals surface area contributed by atoms with Crippen molar-refractivity contribution >= 4 is 10.4 Å². The summed E-state index contributed by atoms with van der Waals surface area (Å²) in [6.45, 7) is 2.22. The molecule has 7 heteroatoms. The second-order valence-corrected chi connectivity index (χ2v) is 9.14. The molecule has 4 N–H and O–H groups in total. The van der Waals surface area contributed by atoms with Crippen LogP contribution in [0.5, 0.6) is 5.75 Å². The molecule has 0 amide bonds. The molecule has 5 atom stereocenters. The van der Waals surface area contributed by atoms with Gasteiger partial charge in [0, 0.05) is 5.41 Å². The van der Waals surface area contributed by atoms with Crippen molar-refractivity contribution in [3.05, 3.63) is 29.3 Å². The van der Waals surface area contributed by atoms with Gasteiger partial charge in [-0.3, -0.25) is 9.11 Å². The predicted molar refractivity (Wildman–Crippen MR) is 101 cm³/mol. The lowest BCUT2D eigenvalue weighted by Crippen LogP contribution is -2.50. The van der Waals surface area contributed by atoms with E-state index in [-0.39, 0.29) is 5.41 Å². The molecule has 27 heavy (non-hydrogen) atoms. The van der Waals surface area contributed by atoms with Crippen LogP contribution in [0.3, 0.4) is 0 Å². The van der Waals surface area contributed by atoms with E-state index in [2.05, 4.69) is 18.9 Å². The molecule has 3 aliphatic rings. The SMILES string of the molecule is C#C[C@]1(O)CC[C@H]2[C@@H]3CCc4cc(O)ccc4[C@H]3CC[C@@]21C.O=S(=O)(O)O. The highest BCUT2D eigenvalue weighted by atomic mass is 32.3. The number of aliphatic hydroxyl groups is 1. The molecule has 6 nitrogen and oxygen atoms in total. The minimum atomic E-state index is -4.67. The van der Waals surface area contributed by atoms with Crippen molar-refractivity contribution in [2.45, 2.75) is 57.0 Å². The molecular weight excluding hydrogens is 368 g/mol. The van der Waals surface area contributed by atoms with Crippen molar-refractivity contribution < 1.29 is 27.7 Å².